The first-order valence-corrected chi connectivity index (χ1v) is 7.30. The molecule has 2 fully saturated rings. The van der Waals surface area contributed by atoms with Crippen molar-refractivity contribution in [2.75, 3.05) is 46.5 Å². The highest BCUT2D eigenvalue weighted by molar-refractivity contribution is 5.87. The van der Waals surface area contributed by atoms with Crippen LogP contribution in [0.2, 0.25) is 0 Å². The van der Waals surface area contributed by atoms with Gasteiger partial charge in [-0.3, -0.25) is 9.59 Å². The molecule has 2 rings (SSSR count). The fourth-order valence-electron chi connectivity index (χ4n) is 2.82. The number of nitrogens with zero attached hydrogens (tertiary/aromatic N) is 2. The highest BCUT2D eigenvalue weighted by Crippen LogP contribution is 2.23. The number of methoxy groups -OCH3 is 1. The van der Waals surface area contributed by atoms with Gasteiger partial charge < -0.3 is 19.3 Å². The van der Waals surface area contributed by atoms with Crippen LogP contribution in [0.1, 0.15) is 19.8 Å². The van der Waals surface area contributed by atoms with Gasteiger partial charge in [0.15, 0.2) is 0 Å². The maximum absolute atomic E-state index is 12.5. The quantitative estimate of drug-likeness (QED) is 0.736. The lowest BCUT2D eigenvalue weighted by atomic mass is 9.93. The van der Waals surface area contributed by atoms with Gasteiger partial charge in [0, 0.05) is 33.4 Å². The first-order valence-electron chi connectivity index (χ1n) is 7.30. The lowest BCUT2D eigenvalue weighted by Crippen LogP contribution is -2.55. The zero-order valence-electron chi connectivity index (χ0n) is 12.3. The number of rotatable bonds is 4. The van der Waals surface area contributed by atoms with Crippen molar-refractivity contribution in [3.8, 4) is 0 Å². The molecule has 6 nitrogen and oxygen atoms in total. The van der Waals surface area contributed by atoms with Crippen LogP contribution in [0, 0.1) is 5.92 Å². The maximum Gasteiger partial charge on any atom is 0.242 e. The third kappa shape index (κ3) is 3.49. The Morgan fingerprint density at radius 2 is 2.25 bits per heavy atom. The van der Waals surface area contributed by atoms with E-state index in [1.807, 2.05) is 6.92 Å². The Labute approximate surface area is 120 Å². The third-order valence-electron chi connectivity index (χ3n) is 4.12. The van der Waals surface area contributed by atoms with Gasteiger partial charge in [-0.25, -0.2) is 0 Å². The summed E-state index contributed by atoms with van der Waals surface area (Å²) in [6.07, 6.45) is 1.73. The van der Waals surface area contributed by atoms with Crippen molar-refractivity contribution in [1.82, 2.24) is 9.80 Å². The first-order chi connectivity index (χ1) is 9.63. The van der Waals surface area contributed by atoms with E-state index < -0.39 is 0 Å². The molecule has 0 unspecified atom stereocenters. The van der Waals surface area contributed by atoms with Gasteiger partial charge in [0.25, 0.3) is 0 Å². The molecule has 0 aliphatic carbocycles. The van der Waals surface area contributed by atoms with E-state index in [9.17, 15) is 9.59 Å². The zero-order chi connectivity index (χ0) is 14.5. The summed E-state index contributed by atoms with van der Waals surface area (Å²) < 4.78 is 10.5. The number of piperazine rings is 1. The fraction of sp³-hybridized carbons (Fsp3) is 0.857. The van der Waals surface area contributed by atoms with Crippen molar-refractivity contribution in [3.05, 3.63) is 0 Å². The minimum absolute atomic E-state index is 0.00558. The average molecular weight is 284 g/mol. The van der Waals surface area contributed by atoms with Crippen LogP contribution in [-0.4, -0.2) is 74.2 Å². The van der Waals surface area contributed by atoms with Crippen LogP contribution in [0.3, 0.4) is 0 Å². The molecule has 0 saturated carbocycles. The summed E-state index contributed by atoms with van der Waals surface area (Å²) in [7, 11) is 1.62. The minimum atomic E-state index is -0.0953. The lowest BCUT2D eigenvalue weighted by molar-refractivity contribution is -0.153. The van der Waals surface area contributed by atoms with Crippen LogP contribution in [-0.2, 0) is 19.1 Å². The molecule has 2 atom stereocenters. The van der Waals surface area contributed by atoms with E-state index in [4.69, 9.17) is 9.47 Å². The van der Waals surface area contributed by atoms with Crippen molar-refractivity contribution in [2.45, 2.75) is 25.9 Å². The van der Waals surface area contributed by atoms with Gasteiger partial charge in [0.2, 0.25) is 11.8 Å². The second kappa shape index (κ2) is 7.04. The van der Waals surface area contributed by atoms with E-state index >= 15 is 0 Å². The van der Waals surface area contributed by atoms with Gasteiger partial charge in [-0.1, -0.05) is 0 Å². The van der Waals surface area contributed by atoms with Gasteiger partial charge in [0.05, 0.1) is 25.2 Å². The summed E-state index contributed by atoms with van der Waals surface area (Å²) in [5.74, 6) is -0.0231. The minimum Gasteiger partial charge on any atom is -0.383 e. The number of hydrogen-bond acceptors (Lipinski definition) is 4. The molecule has 0 spiro atoms. The van der Waals surface area contributed by atoms with E-state index in [0.29, 0.717) is 26.2 Å². The Bertz CT molecular complexity index is 361. The van der Waals surface area contributed by atoms with Crippen LogP contribution in [0.25, 0.3) is 0 Å². The number of carbonyl (C=O) groups excluding carboxylic acids is 2. The SMILES string of the molecule is COCCN1CCN(C(=O)[C@H]2CCCO[C@@H]2C)CC1=O. The van der Waals surface area contributed by atoms with Crippen LogP contribution >= 0.6 is 0 Å². The Hall–Kier alpha value is -1.14. The highest BCUT2D eigenvalue weighted by Gasteiger charge is 2.35. The summed E-state index contributed by atoms with van der Waals surface area (Å²) in [4.78, 5) is 27.9. The molecule has 0 aromatic carbocycles. The molecular weight excluding hydrogens is 260 g/mol. The number of ether oxygens (including phenoxy) is 2. The monoisotopic (exact) mass is 284 g/mol. The molecule has 20 heavy (non-hydrogen) atoms. The van der Waals surface area contributed by atoms with Crippen molar-refractivity contribution >= 4 is 11.8 Å². The largest absolute Gasteiger partial charge is 0.383 e. The third-order valence-corrected chi connectivity index (χ3v) is 4.12. The second-order valence-electron chi connectivity index (χ2n) is 5.46. The number of amides is 2. The molecule has 0 N–H and O–H groups in total. The molecule has 114 valence electrons. The topological polar surface area (TPSA) is 59.1 Å². The van der Waals surface area contributed by atoms with Crippen molar-refractivity contribution in [2.24, 2.45) is 5.92 Å². The Morgan fingerprint density at radius 3 is 2.90 bits per heavy atom. The van der Waals surface area contributed by atoms with Crippen LogP contribution < -0.4 is 0 Å². The highest BCUT2D eigenvalue weighted by atomic mass is 16.5. The molecular formula is C14H24N2O4. The van der Waals surface area contributed by atoms with Gasteiger partial charge in [-0.2, -0.15) is 0 Å². The summed E-state index contributed by atoms with van der Waals surface area (Å²) in [5, 5.41) is 0. The summed E-state index contributed by atoms with van der Waals surface area (Å²) >= 11 is 0. The zero-order valence-corrected chi connectivity index (χ0v) is 12.3. The predicted molar refractivity (Wildman–Crippen MR) is 73.2 cm³/mol. The predicted octanol–water partition coefficient (Wildman–Crippen LogP) is 0.119. The summed E-state index contributed by atoms with van der Waals surface area (Å²) in [5.41, 5.74) is 0. The van der Waals surface area contributed by atoms with Gasteiger partial charge in [0.1, 0.15) is 0 Å². The van der Waals surface area contributed by atoms with E-state index in [0.717, 1.165) is 19.4 Å². The standard InChI is InChI=1S/C14H24N2O4/c1-11-12(4-3-8-20-11)14(18)16-6-5-15(7-9-19-2)13(17)10-16/h11-12H,3-10H2,1-2H3/t11-,12+/m1/s1. The molecule has 6 heteroatoms. The molecule has 2 aliphatic heterocycles. The molecule has 2 amide bonds. The Balaban J connectivity index is 1.88. The van der Waals surface area contributed by atoms with Crippen molar-refractivity contribution < 1.29 is 19.1 Å². The van der Waals surface area contributed by atoms with Crippen molar-refractivity contribution in [3.63, 3.8) is 0 Å². The number of carbonyl (C=O) groups is 2. The molecule has 2 heterocycles. The fourth-order valence-corrected chi connectivity index (χ4v) is 2.82. The Kier molecular flexibility index (Phi) is 5.37. The average Bonchev–Trinajstić information content (AvgIpc) is 2.46. The van der Waals surface area contributed by atoms with E-state index in [1.54, 1.807) is 16.9 Å². The van der Waals surface area contributed by atoms with Gasteiger partial charge in [-0.05, 0) is 19.8 Å². The Morgan fingerprint density at radius 1 is 1.45 bits per heavy atom. The molecule has 0 aromatic heterocycles. The van der Waals surface area contributed by atoms with E-state index in [1.165, 1.54) is 0 Å². The molecule has 2 saturated heterocycles. The first kappa shape index (κ1) is 15.3. The molecule has 0 aromatic rings. The summed E-state index contributed by atoms with van der Waals surface area (Å²) in [6, 6.07) is 0. The smallest absolute Gasteiger partial charge is 0.242 e. The maximum atomic E-state index is 12.5. The van der Waals surface area contributed by atoms with Crippen LogP contribution in [0.15, 0.2) is 0 Å². The van der Waals surface area contributed by atoms with Crippen molar-refractivity contribution in [1.29, 1.82) is 0 Å². The molecule has 0 radical (unpaired) electrons. The molecule has 2 aliphatic rings. The second-order valence-corrected chi connectivity index (χ2v) is 5.46. The van der Waals surface area contributed by atoms with E-state index in [-0.39, 0.29) is 30.4 Å². The lowest BCUT2D eigenvalue weighted by Gasteiger charge is -2.38. The van der Waals surface area contributed by atoms with E-state index in [2.05, 4.69) is 0 Å². The number of hydrogen-bond donors (Lipinski definition) is 0. The van der Waals surface area contributed by atoms with Gasteiger partial charge in [-0.15, -0.1) is 0 Å². The normalized spacial score (nSPS) is 27.8. The molecule has 0 bridgehead atoms. The van der Waals surface area contributed by atoms with Crippen LogP contribution in [0.5, 0.6) is 0 Å². The summed E-state index contributed by atoms with van der Waals surface area (Å²) in [6.45, 7) is 5.19. The van der Waals surface area contributed by atoms with Crippen LogP contribution in [0.4, 0.5) is 0 Å². The van der Waals surface area contributed by atoms with Gasteiger partial charge >= 0.3 is 0 Å².